The lowest BCUT2D eigenvalue weighted by Gasteiger charge is -2.39. The molecule has 156 valence electrons. The zero-order chi connectivity index (χ0) is 21.2. The van der Waals surface area contributed by atoms with Gasteiger partial charge in [-0.25, -0.2) is 4.79 Å². The fraction of sp³-hybridized carbons (Fsp3) is 0.500. The zero-order valence-electron chi connectivity index (χ0n) is 18.1. The third-order valence-corrected chi connectivity index (χ3v) is 5.62. The number of methoxy groups -OCH3 is 1. The Morgan fingerprint density at radius 3 is 2.72 bits per heavy atom. The summed E-state index contributed by atoms with van der Waals surface area (Å²) >= 11 is 0. The molecule has 1 aromatic rings. The number of hydrogen-bond acceptors (Lipinski definition) is 5. The van der Waals surface area contributed by atoms with Crippen LogP contribution in [0, 0.1) is 5.41 Å². The van der Waals surface area contributed by atoms with Gasteiger partial charge in [0.25, 0.3) is 0 Å². The standard InChI is InChI=1S/C24H31NO4/c1-6-7-11-29-23(27)20-15(2)25-18-13-24(3,4)14-19(26)22(18)21(20)16-9-8-10-17(12-16)28-5/h8-10,12,21,25H,6-7,11,13-14H2,1-5H3. The summed E-state index contributed by atoms with van der Waals surface area (Å²) in [5.74, 6) is -0.0226. The van der Waals surface area contributed by atoms with Crippen molar-refractivity contribution in [2.75, 3.05) is 13.7 Å². The van der Waals surface area contributed by atoms with Crippen molar-refractivity contribution >= 4 is 11.8 Å². The number of esters is 1. The van der Waals surface area contributed by atoms with Crippen LogP contribution < -0.4 is 10.1 Å². The van der Waals surface area contributed by atoms with E-state index < -0.39 is 5.92 Å². The predicted molar refractivity (Wildman–Crippen MR) is 112 cm³/mol. The highest BCUT2D eigenvalue weighted by Crippen LogP contribution is 2.47. The van der Waals surface area contributed by atoms with Gasteiger partial charge >= 0.3 is 5.97 Å². The van der Waals surface area contributed by atoms with E-state index in [0.717, 1.165) is 36.2 Å². The van der Waals surface area contributed by atoms with Crippen LogP contribution in [0.15, 0.2) is 46.8 Å². The van der Waals surface area contributed by atoms with Gasteiger partial charge in [0.1, 0.15) is 5.75 Å². The van der Waals surface area contributed by atoms with Crippen LogP contribution >= 0.6 is 0 Å². The van der Waals surface area contributed by atoms with Crippen molar-refractivity contribution in [3.05, 3.63) is 52.4 Å². The molecule has 0 bridgehead atoms. The summed E-state index contributed by atoms with van der Waals surface area (Å²) in [6.07, 6.45) is 3.00. The van der Waals surface area contributed by atoms with E-state index in [-0.39, 0.29) is 17.2 Å². The average molecular weight is 398 g/mol. The van der Waals surface area contributed by atoms with E-state index in [2.05, 4.69) is 26.1 Å². The summed E-state index contributed by atoms with van der Waals surface area (Å²) in [5.41, 5.74) is 3.63. The van der Waals surface area contributed by atoms with Crippen LogP contribution in [0.1, 0.15) is 64.9 Å². The summed E-state index contributed by atoms with van der Waals surface area (Å²) in [5, 5.41) is 3.36. The Bertz CT molecular complexity index is 879. The number of unbranched alkanes of at least 4 members (excludes halogenated alkanes) is 1. The first-order valence-corrected chi connectivity index (χ1v) is 10.3. The van der Waals surface area contributed by atoms with Crippen LogP contribution in [-0.2, 0) is 14.3 Å². The molecule has 0 fully saturated rings. The van der Waals surface area contributed by atoms with Gasteiger partial charge in [-0.15, -0.1) is 0 Å². The van der Waals surface area contributed by atoms with Crippen molar-refractivity contribution in [1.82, 2.24) is 5.32 Å². The van der Waals surface area contributed by atoms with Gasteiger partial charge in [0.05, 0.1) is 19.3 Å². The average Bonchev–Trinajstić information content (AvgIpc) is 2.66. The van der Waals surface area contributed by atoms with Crippen LogP contribution in [0.3, 0.4) is 0 Å². The van der Waals surface area contributed by atoms with Crippen molar-refractivity contribution in [1.29, 1.82) is 0 Å². The Morgan fingerprint density at radius 1 is 1.28 bits per heavy atom. The molecule has 1 aromatic carbocycles. The van der Waals surface area contributed by atoms with Gasteiger partial charge in [0.2, 0.25) is 0 Å². The Labute approximate surface area is 173 Å². The van der Waals surface area contributed by atoms with Gasteiger partial charge < -0.3 is 14.8 Å². The van der Waals surface area contributed by atoms with Crippen molar-refractivity contribution in [2.24, 2.45) is 5.41 Å². The predicted octanol–water partition coefficient (Wildman–Crippen LogP) is 4.64. The fourth-order valence-corrected chi connectivity index (χ4v) is 4.25. The molecular formula is C24H31NO4. The third-order valence-electron chi connectivity index (χ3n) is 5.62. The molecule has 1 N–H and O–H groups in total. The molecule has 0 aromatic heterocycles. The number of Topliss-reactive ketones (excluding diaryl/α,β-unsaturated/α-hetero) is 1. The van der Waals surface area contributed by atoms with Crippen molar-refractivity contribution in [3.8, 4) is 5.75 Å². The highest BCUT2D eigenvalue weighted by atomic mass is 16.5. The number of carbonyl (C=O) groups is 2. The summed E-state index contributed by atoms with van der Waals surface area (Å²) in [6, 6.07) is 7.60. The van der Waals surface area contributed by atoms with Crippen molar-refractivity contribution < 1.29 is 19.1 Å². The highest BCUT2D eigenvalue weighted by molar-refractivity contribution is 6.04. The minimum Gasteiger partial charge on any atom is -0.497 e. The van der Waals surface area contributed by atoms with E-state index in [1.807, 2.05) is 31.2 Å². The monoisotopic (exact) mass is 397 g/mol. The molecule has 0 radical (unpaired) electrons. The maximum absolute atomic E-state index is 13.2. The van der Waals surface area contributed by atoms with Crippen LogP contribution in [-0.4, -0.2) is 25.5 Å². The number of nitrogens with one attached hydrogen (secondary N) is 1. The molecule has 1 heterocycles. The number of hydrogen-bond donors (Lipinski definition) is 1. The van der Waals surface area contributed by atoms with Gasteiger partial charge in [-0.05, 0) is 42.9 Å². The molecule has 1 atom stereocenters. The lowest BCUT2D eigenvalue weighted by Crippen LogP contribution is -2.38. The summed E-state index contributed by atoms with van der Waals surface area (Å²) < 4.78 is 10.9. The minimum absolute atomic E-state index is 0.0860. The van der Waals surface area contributed by atoms with E-state index in [0.29, 0.717) is 29.9 Å². The number of ketones is 1. The van der Waals surface area contributed by atoms with Crippen molar-refractivity contribution in [2.45, 2.75) is 59.3 Å². The molecule has 2 aliphatic rings. The lowest BCUT2D eigenvalue weighted by molar-refractivity contribution is -0.139. The second kappa shape index (κ2) is 8.44. The minimum atomic E-state index is -0.445. The zero-order valence-corrected chi connectivity index (χ0v) is 18.1. The number of rotatable bonds is 6. The number of dihydropyridines is 1. The topological polar surface area (TPSA) is 64.6 Å². The van der Waals surface area contributed by atoms with Crippen molar-refractivity contribution in [3.63, 3.8) is 0 Å². The molecule has 1 aliphatic carbocycles. The first-order chi connectivity index (χ1) is 13.8. The van der Waals surface area contributed by atoms with Gasteiger partial charge in [-0.2, -0.15) is 0 Å². The molecule has 1 aliphatic heterocycles. The quantitative estimate of drug-likeness (QED) is 0.559. The second-order valence-corrected chi connectivity index (χ2v) is 8.70. The number of carbonyl (C=O) groups excluding carboxylic acids is 2. The van der Waals surface area contributed by atoms with Crippen LogP contribution in [0.4, 0.5) is 0 Å². The first-order valence-electron chi connectivity index (χ1n) is 10.3. The summed E-state index contributed by atoms with van der Waals surface area (Å²) in [4.78, 5) is 26.3. The van der Waals surface area contributed by atoms with E-state index in [1.54, 1.807) is 7.11 Å². The van der Waals surface area contributed by atoms with Gasteiger partial charge in [-0.1, -0.05) is 39.3 Å². The van der Waals surface area contributed by atoms with Gasteiger partial charge in [0, 0.05) is 29.3 Å². The molecule has 0 spiro atoms. The molecule has 0 amide bonds. The number of ether oxygens (including phenoxy) is 2. The van der Waals surface area contributed by atoms with E-state index >= 15 is 0 Å². The third kappa shape index (κ3) is 4.39. The Hall–Kier alpha value is -2.56. The number of benzene rings is 1. The normalized spacial score (nSPS) is 20.9. The maximum atomic E-state index is 13.2. The van der Waals surface area contributed by atoms with Gasteiger partial charge in [-0.3, -0.25) is 4.79 Å². The lowest BCUT2D eigenvalue weighted by atomic mass is 9.68. The molecule has 1 unspecified atom stereocenters. The molecule has 5 nitrogen and oxygen atoms in total. The fourth-order valence-electron chi connectivity index (χ4n) is 4.25. The van der Waals surface area contributed by atoms with Crippen LogP contribution in [0.25, 0.3) is 0 Å². The van der Waals surface area contributed by atoms with E-state index in [9.17, 15) is 9.59 Å². The molecule has 3 rings (SSSR count). The SMILES string of the molecule is CCCCOC(=O)C1=C(C)NC2=C(C(=O)CC(C)(C)C2)C1c1cccc(OC)c1. The Kier molecular flexibility index (Phi) is 6.15. The van der Waals surface area contributed by atoms with Crippen LogP contribution in [0.2, 0.25) is 0 Å². The molecule has 5 heteroatoms. The summed E-state index contributed by atoms with van der Waals surface area (Å²) in [7, 11) is 1.61. The molecule has 0 saturated heterocycles. The maximum Gasteiger partial charge on any atom is 0.336 e. The molecular weight excluding hydrogens is 366 g/mol. The Balaban J connectivity index is 2.10. The van der Waals surface area contributed by atoms with E-state index in [1.165, 1.54) is 0 Å². The Morgan fingerprint density at radius 2 is 2.03 bits per heavy atom. The molecule has 29 heavy (non-hydrogen) atoms. The molecule has 0 saturated carbocycles. The second-order valence-electron chi connectivity index (χ2n) is 8.70. The number of allylic oxidation sites excluding steroid dienone is 3. The summed E-state index contributed by atoms with van der Waals surface area (Å²) in [6.45, 7) is 8.53. The van der Waals surface area contributed by atoms with E-state index in [4.69, 9.17) is 9.47 Å². The highest BCUT2D eigenvalue weighted by Gasteiger charge is 2.43. The first kappa shape index (κ1) is 21.2. The largest absolute Gasteiger partial charge is 0.497 e. The smallest absolute Gasteiger partial charge is 0.336 e. The van der Waals surface area contributed by atoms with Gasteiger partial charge in [0.15, 0.2) is 5.78 Å². The van der Waals surface area contributed by atoms with Crippen LogP contribution in [0.5, 0.6) is 5.75 Å².